The van der Waals surface area contributed by atoms with E-state index < -0.39 is 0 Å². The molecule has 0 aromatic rings. The summed E-state index contributed by atoms with van der Waals surface area (Å²) in [7, 11) is 0. The van der Waals surface area contributed by atoms with Gasteiger partial charge in [0.25, 0.3) is 0 Å². The molecule has 0 aliphatic heterocycles. The van der Waals surface area contributed by atoms with Gasteiger partial charge in [0.2, 0.25) is 0 Å². The van der Waals surface area contributed by atoms with Gasteiger partial charge in [-0.2, -0.15) is 0 Å². The lowest BCUT2D eigenvalue weighted by molar-refractivity contribution is -0.0350. The highest BCUT2D eigenvalue weighted by molar-refractivity contribution is 5.04. The molecular formula is C8H16N2. The first-order chi connectivity index (χ1) is 4.74. The van der Waals surface area contributed by atoms with Crippen LogP contribution in [-0.4, -0.2) is 12.6 Å². The Morgan fingerprint density at radius 1 is 1.20 bits per heavy atom. The quantitative estimate of drug-likeness (QED) is 0.556. The molecule has 4 N–H and O–H groups in total. The molecule has 2 saturated carbocycles. The molecule has 2 heteroatoms. The highest BCUT2D eigenvalue weighted by atomic mass is 14.7. The van der Waals surface area contributed by atoms with Crippen LogP contribution in [0.5, 0.6) is 0 Å². The third kappa shape index (κ3) is 0.789. The molecule has 2 aliphatic carbocycles. The van der Waals surface area contributed by atoms with Crippen molar-refractivity contribution >= 4 is 0 Å². The van der Waals surface area contributed by atoms with Gasteiger partial charge in [-0.1, -0.05) is 0 Å². The van der Waals surface area contributed by atoms with Crippen LogP contribution in [0.4, 0.5) is 0 Å². The molecule has 2 aliphatic rings. The van der Waals surface area contributed by atoms with Gasteiger partial charge in [0.05, 0.1) is 0 Å². The molecule has 0 saturated heterocycles. The van der Waals surface area contributed by atoms with Gasteiger partial charge in [-0.25, -0.2) is 0 Å². The summed E-state index contributed by atoms with van der Waals surface area (Å²) in [4.78, 5) is 0. The van der Waals surface area contributed by atoms with Crippen LogP contribution >= 0.6 is 0 Å². The smallest absolute Gasteiger partial charge is 0.00494 e. The van der Waals surface area contributed by atoms with Gasteiger partial charge in [0.15, 0.2) is 0 Å². The third-order valence-corrected chi connectivity index (χ3v) is 3.17. The predicted octanol–water partition coefficient (Wildman–Crippen LogP) is 0.463. The maximum atomic E-state index is 5.72. The highest BCUT2D eigenvalue weighted by Gasteiger charge is 2.50. The lowest BCUT2D eigenvalue weighted by Gasteiger charge is -2.57. The van der Waals surface area contributed by atoms with Crippen LogP contribution in [0.2, 0.25) is 0 Å². The maximum absolute atomic E-state index is 5.72. The normalized spacial score (nSPS) is 52.2. The van der Waals surface area contributed by atoms with Gasteiger partial charge in [0, 0.05) is 6.04 Å². The Morgan fingerprint density at radius 2 is 1.80 bits per heavy atom. The molecule has 0 radical (unpaired) electrons. The van der Waals surface area contributed by atoms with Crippen LogP contribution < -0.4 is 11.5 Å². The van der Waals surface area contributed by atoms with Crippen LogP contribution in [0.15, 0.2) is 0 Å². The van der Waals surface area contributed by atoms with E-state index in [1.54, 1.807) is 0 Å². The first-order valence-electron chi connectivity index (χ1n) is 4.20. The van der Waals surface area contributed by atoms with Gasteiger partial charge in [-0.3, -0.25) is 0 Å². The van der Waals surface area contributed by atoms with Crippen LogP contribution in [0.25, 0.3) is 0 Å². The molecule has 0 unspecified atom stereocenters. The van der Waals surface area contributed by atoms with Crippen molar-refractivity contribution in [3.05, 3.63) is 0 Å². The zero-order valence-corrected chi connectivity index (χ0v) is 6.34. The lowest BCUT2D eigenvalue weighted by atomic mass is 9.50. The number of rotatable bonds is 1. The van der Waals surface area contributed by atoms with Gasteiger partial charge >= 0.3 is 0 Å². The van der Waals surface area contributed by atoms with E-state index in [4.69, 9.17) is 11.5 Å². The van der Waals surface area contributed by atoms with Gasteiger partial charge in [-0.15, -0.1) is 0 Å². The van der Waals surface area contributed by atoms with E-state index in [9.17, 15) is 0 Å². The fourth-order valence-corrected chi connectivity index (χ4v) is 2.72. The second-order valence-corrected chi connectivity index (χ2v) is 4.18. The third-order valence-electron chi connectivity index (χ3n) is 3.17. The molecule has 10 heavy (non-hydrogen) atoms. The van der Waals surface area contributed by atoms with Crippen molar-refractivity contribution in [2.24, 2.45) is 22.8 Å². The molecular weight excluding hydrogens is 124 g/mol. The Morgan fingerprint density at radius 3 is 2.20 bits per heavy atom. The fourth-order valence-electron chi connectivity index (χ4n) is 2.72. The zero-order chi connectivity index (χ0) is 7.19. The SMILES string of the molecule is NCC1CC2(CC(N)C2)C1. The molecule has 2 nitrogen and oxygen atoms in total. The molecule has 1 spiro atoms. The number of hydrogen-bond donors (Lipinski definition) is 2. The molecule has 0 heterocycles. The largest absolute Gasteiger partial charge is 0.330 e. The Labute approximate surface area is 62.0 Å². The average Bonchev–Trinajstić information content (AvgIpc) is 1.74. The fraction of sp³-hybridized carbons (Fsp3) is 1.00. The minimum atomic E-state index is 0.513. The Hall–Kier alpha value is -0.0800. The van der Waals surface area contributed by atoms with Crippen molar-refractivity contribution in [1.82, 2.24) is 0 Å². The molecule has 2 fully saturated rings. The summed E-state index contributed by atoms with van der Waals surface area (Å²) in [5, 5.41) is 0. The summed E-state index contributed by atoms with van der Waals surface area (Å²) in [5.74, 6) is 0.826. The van der Waals surface area contributed by atoms with Gasteiger partial charge in [0.1, 0.15) is 0 Å². The molecule has 0 aromatic heterocycles. The molecule has 58 valence electrons. The van der Waals surface area contributed by atoms with Gasteiger partial charge < -0.3 is 11.5 Å². The van der Waals surface area contributed by atoms with E-state index >= 15 is 0 Å². The zero-order valence-electron chi connectivity index (χ0n) is 6.34. The van der Waals surface area contributed by atoms with Gasteiger partial charge in [-0.05, 0) is 43.6 Å². The Kier molecular flexibility index (Phi) is 1.29. The topological polar surface area (TPSA) is 52.0 Å². The minimum Gasteiger partial charge on any atom is -0.330 e. The summed E-state index contributed by atoms with van der Waals surface area (Å²) >= 11 is 0. The monoisotopic (exact) mass is 140 g/mol. The predicted molar refractivity (Wildman–Crippen MR) is 41.4 cm³/mol. The first kappa shape index (κ1) is 6.62. The Bertz CT molecular complexity index is 130. The van der Waals surface area contributed by atoms with E-state index in [0.29, 0.717) is 11.5 Å². The molecule has 0 bridgehead atoms. The average molecular weight is 140 g/mol. The second kappa shape index (κ2) is 1.95. The maximum Gasteiger partial charge on any atom is 0.00494 e. The van der Waals surface area contributed by atoms with Crippen molar-refractivity contribution in [3.63, 3.8) is 0 Å². The van der Waals surface area contributed by atoms with E-state index in [2.05, 4.69) is 0 Å². The Balaban J connectivity index is 1.80. The van der Waals surface area contributed by atoms with Crippen LogP contribution in [0, 0.1) is 11.3 Å². The van der Waals surface area contributed by atoms with Crippen molar-refractivity contribution in [2.75, 3.05) is 6.54 Å². The van der Waals surface area contributed by atoms with Crippen LogP contribution in [0.1, 0.15) is 25.7 Å². The van der Waals surface area contributed by atoms with E-state index in [1.807, 2.05) is 0 Å². The van der Waals surface area contributed by atoms with Crippen molar-refractivity contribution < 1.29 is 0 Å². The summed E-state index contributed by atoms with van der Waals surface area (Å²) < 4.78 is 0. The van der Waals surface area contributed by atoms with Crippen molar-refractivity contribution in [1.29, 1.82) is 0 Å². The number of hydrogen-bond acceptors (Lipinski definition) is 2. The minimum absolute atomic E-state index is 0.513. The van der Waals surface area contributed by atoms with E-state index in [0.717, 1.165) is 12.5 Å². The van der Waals surface area contributed by atoms with E-state index in [-0.39, 0.29) is 0 Å². The summed E-state index contributed by atoms with van der Waals surface area (Å²) in [6.07, 6.45) is 5.25. The summed E-state index contributed by atoms with van der Waals surface area (Å²) in [6, 6.07) is 0.513. The lowest BCUT2D eigenvalue weighted by Crippen LogP contribution is -2.54. The highest BCUT2D eigenvalue weighted by Crippen LogP contribution is 2.57. The first-order valence-corrected chi connectivity index (χ1v) is 4.20. The van der Waals surface area contributed by atoms with Crippen molar-refractivity contribution in [2.45, 2.75) is 31.7 Å². The van der Waals surface area contributed by atoms with E-state index in [1.165, 1.54) is 25.7 Å². The summed E-state index contributed by atoms with van der Waals surface area (Å²) in [6.45, 7) is 0.886. The van der Waals surface area contributed by atoms with Crippen LogP contribution in [-0.2, 0) is 0 Å². The van der Waals surface area contributed by atoms with Crippen molar-refractivity contribution in [3.8, 4) is 0 Å². The number of nitrogens with two attached hydrogens (primary N) is 2. The standard InChI is InChI=1S/C8H16N2/c9-5-6-1-8(2-6)3-7(10)4-8/h6-7H,1-5,9-10H2. The molecule has 0 atom stereocenters. The molecule has 0 aromatic carbocycles. The van der Waals surface area contributed by atoms with Crippen LogP contribution in [0.3, 0.4) is 0 Å². The molecule has 2 rings (SSSR count). The molecule has 0 amide bonds. The summed E-state index contributed by atoms with van der Waals surface area (Å²) in [5.41, 5.74) is 11.9. The second-order valence-electron chi connectivity index (χ2n) is 4.18.